The first kappa shape index (κ1) is 31.5. The van der Waals surface area contributed by atoms with Crippen molar-refractivity contribution in [3.63, 3.8) is 0 Å². The van der Waals surface area contributed by atoms with E-state index in [1.807, 2.05) is 31.4 Å². The zero-order chi connectivity index (χ0) is 33.1. The summed E-state index contributed by atoms with van der Waals surface area (Å²) >= 11 is 0. The van der Waals surface area contributed by atoms with Crippen molar-refractivity contribution in [1.29, 1.82) is 0 Å². The molecule has 2 aliphatic heterocycles. The lowest BCUT2D eigenvalue weighted by Crippen LogP contribution is -2.47. The summed E-state index contributed by atoms with van der Waals surface area (Å²) in [5, 5.41) is 2.90. The number of pyridine rings is 1. The molecule has 3 heterocycles. The molecule has 4 aliphatic rings. The van der Waals surface area contributed by atoms with Crippen molar-refractivity contribution < 1.29 is 22.7 Å². The van der Waals surface area contributed by atoms with E-state index in [1.165, 1.54) is 0 Å². The van der Waals surface area contributed by atoms with Gasteiger partial charge in [0, 0.05) is 55.0 Å². The number of ketones is 1. The van der Waals surface area contributed by atoms with Gasteiger partial charge in [-0.1, -0.05) is 19.9 Å². The van der Waals surface area contributed by atoms with Crippen molar-refractivity contribution in [1.82, 2.24) is 4.57 Å². The van der Waals surface area contributed by atoms with Gasteiger partial charge in [-0.25, -0.2) is 8.42 Å². The fraction of sp³-hybridized carbons (Fsp3) is 0.472. The number of carbonyl (C=O) groups is 2. The average molecular weight is 659 g/mol. The molecule has 4 unspecified atom stereocenters. The van der Waals surface area contributed by atoms with Crippen LogP contribution < -0.4 is 25.2 Å². The number of benzene rings is 2. The predicted molar refractivity (Wildman–Crippen MR) is 182 cm³/mol. The highest BCUT2D eigenvalue weighted by Gasteiger charge is 2.65. The molecule has 1 saturated heterocycles. The van der Waals surface area contributed by atoms with Crippen molar-refractivity contribution in [3.8, 4) is 5.75 Å². The largest absolute Gasteiger partial charge is 0.494 e. The summed E-state index contributed by atoms with van der Waals surface area (Å²) in [7, 11) is -4.00. The van der Waals surface area contributed by atoms with E-state index in [1.54, 1.807) is 54.6 Å². The lowest BCUT2D eigenvalue weighted by molar-refractivity contribution is -0.128. The number of aromatic nitrogens is 1. The molecule has 2 aromatic carbocycles. The number of Topliss-reactive ketones (excluding diaryl/α,β-unsaturated/α-hetero) is 1. The molecule has 1 amide bonds. The SMILES string of the molecule is CCOc1ccc(NC(=O)c2ccc(N3CC4CC(C3)c3cccc(=O)n3C4)c(NS(=O)(=O)CC34CCC(CC3=O)C4(C)C)c2)cc1. The van der Waals surface area contributed by atoms with Crippen molar-refractivity contribution in [3.05, 3.63) is 82.3 Å². The number of sulfonamides is 1. The van der Waals surface area contributed by atoms with Crippen LogP contribution in [0.5, 0.6) is 5.75 Å². The second-order valence-electron chi connectivity index (χ2n) is 14.3. The van der Waals surface area contributed by atoms with Crippen molar-refractivity contribution in [2.45, 2.75) is 58.9 Å². The second-order valence-corrected chi connectivity index (χ2v) is 16.0. The van der Waals surface area contributed by atoms with Crippen molar-refractivity contribution in [2.24, 2.45) is 22.7 Å². The van der Waals surface area contributed by atoms with E-state index in [4.69, 9.17) is 4.74 Å². The van der Waals surface area contributed by atoms with Gasteiger partial charge in [0.25, 0.3) is 11.5 Å². The quantitative estimate of drug-likeness (QED) is 0.321. The third-order valence-electron chi connectivity index (χ3n) is 11.3. The number of ether oxygens (including phenoxy) is 1. The molecule has 248 valence electrons. The van der Waals surface area contributed by atoms with Crippen molar-refractivity contribution in [2.75, 3.05) is 40.4 Å². The topological polar surface area (TPSA) is 127 Å². The van der Waals surface area contributed by atoms with Crippen molar-refractivity contribution >= 4 is 38.8 Å². The Bertz CT molecular complexity index is 1900. The van der Waals surface area contributed by atoms with Crippen LogP contribution in [0.2, 0.25) is 0 Å². The molecule has 3 fully saturated rings. The minimum absolute atomic E-state index is 0.0000882. The summed E-state index contributed by atoms with van der Waals surface area (Å²) in [5.41, 5.74) is 1.52. The van der Waals surface area contributed by atoms with Gasteiger partial charge in [-0.2, -0.15) is 0 Å². The summed E-state index contributed by atoms with van der Waals surface area (Å²) < 4.78 is 38.3. The number of nitrogens with zero attached hydrogens (tertiary/aromatic N) is 2. The maximum Gasteiger partial charge on any atom is 0.255 e. The number of fused-ring (bicyclic) bond motifs is 6. The third-order valence-corrected chi connectivity index (χ3v) is 12.7. The molecule has 2 aliphatic carbocycles. The standard InChI is InChI=1S/C36H42N4O6S/c1-4-46-28-11-9-27(10-12-28)37-34(43)24-8-13-31(39-19-23-16-25(21-39)30-6-5-7-33(42)40(30)20-23)29(17-24)38-47(44,45)22-36-15-14-26(18-32(36)41)35(36,2)3/h5-13,17,23,25-26,38H,4,14-16,18-22H2,1-3H3,(H,37,43). The molecule has 0 radical (unpaired) electrons. The Morgan fingerprint density at radius 2 is 1.81 bits per heavy atom. The summed E-state index contributed by atoms with van der Waals surface area (Å²) in [6.07, 6.45) is 2.79. The van der Waals surface area contributed by atoms with Gasteiger partial charge in [-0.15, -0.1) is 0 Å². The molecular formula is C36H42N4O6S. The number of rotatable bonds is 9. The fourth-order valence-corrected chi connectivity index (χ4v) is 10.7. The maximum atomic E-state index is 14.0. The maximum absolute atomic E-state index is 14.0. The molecule has 4 bridgehead atoms. The van der Waals surface area contributed by atoms with Crippen LogP contribution in [0.4, 0.5) is 17.1 Å². The first-order valence-electron chi connectivity index (χ1n) is 16.6. The molecule has 2 N–H and O–H groups in total. The summed E-state index contributed by atoms with van der Waals surface area (Å²) in [6.45, 7) is 8.33. The van der Waals surface area contributed by atoms with Gasteiger partial charge in [0.2, 0.25) is 10.0 Å². The van der Waals surface area contributed by atoms with Gasteiger partial charge in [0.05, 0.1) is 29.1 Å². The highest BCUT2D eigenvalue weighted by molar-refractivity contribution is 7.92. The summed E-state index contributed by atoms with van der Waals surface area (Å²) in [4.78, 5) is 41.5. The normalized spacial score (nSPS) is 25.7. The van der Waals surface area contributed by atoms with Crippen LogP contribution in [0.25, 0.3) is 0 Å². The molecule has 4 atom stereocenters. The Balaban J connectivity index is 1.21. The molecule has 7 rings (SSSR count). The lowest BCUT2D eigenvalue weighted by atomic mass is 9.70. The molecular weight excluding hydrogens is 616 g/mol. The average Bonchev–Trinajstić information content (AvgIpc) is 3.36. The Morgan fingerprint density at radius 1 is 1.02 bits per heavy atom. The zero-order valence-corrected chi connectivity index (χ0v) is 27.9. The van der Waals surface area contributed by atoms with Crippen LogP contribution in [0.3, 0.4) is 0 Å². The highest BCUT2D eigenvalue weighted by atomic mass is 32.2. The molecule has 47 heavy (non-hydrogen) atoms. The van der Waals surface area contributed by atoms with Gasteiger partial charge in [0.15, 0.2) is 0 Å². The first-order valence-corrected chi connectivity index (χ1v) is 18.2. The van der Waals surface area contributed by atoms with Crippen LogP contribution in [0, 0.1) is 22.7 Å². The number of hydrogen-bond donors (Lipinski definition) is 2. The second kappa shape index (κ2) is 11.5. The van der Waals surface area contributed by atoms with Crippen LogP contribution in [-0.2, 0) is 21.4 Å². The molecule has 2 saturated carbocycles. The Hall–Kier alpha value is -4.12. The van der Waals surface area contributed by atoms with Crippen LogP contribution in [0.1, 0.15) is 68.4 Å². The summed E-state index contributed by atoms with van der Waals surface area (Å²) in [5.74, 6) is 0.571. The van der Waals surface area contributed by atoms with Crippen LogP contribution >= 0.6 is 0 Å². The molecule has 11 heteroatoms. The third kappa shape index (κ3) is 5.52. The van der Waals surface area contributed by atoms with E-state index in [0.717, 1.165) is 18.5 Å². The lowest BCUT2D eigenvalue weighted by Gasteiger charge is -2.44. The fourth-order valence-electron chi connectivity index (χ4n) is 8.77. The first-order chi connectivity index (χ1) is 22.4. The van der Waals surface area contributed by atoms with Crippen LogP contribution in [-0.4, -0.2) is 50.1 Å². The number of nitrogens with one attached hydrogen (secondary N) is 2. The highest BCUT2D eigenvalue weighted by Crippen LogP contribution is 2.64. The zero-order valence-electron chi connectivity index (χ0n) is 27.1. The van der Waals surface area contributed by atoms with E-state index in [9.17, 15) is 22.8 Å². The van der Waals surface area contributed by atoms with E-state index >= 15 is 0 Å². The van der Waals surface area contributed by atoms with Gasteiger partial charge < -0.3 is 19.5 Å². The predicted octanol–water partition coefficient (Wildman–Crippen LogP) is 5.26. The van der Waals surface area contributed by atoms with Crippen LogP contribution in [0.15, 0.2) is 65.5 Å². The molecule has 3 aromatic rings. The number of carbonyl (C=O) groups excluding carboxylic acids is 2. The van der Waals surface area contributed by atoms with Gasteiger partial charge >= 0.3 is 0 Å². The number of hydrogen-bond acceptors (Lipinski definition) is 7. The number of amides is 1. The van der Waals surface area contributed by atoms with E-state index < -0.39 is 20.9 Å². The molecule has 1 aromatic heterocycles. The Morgan fingerprint density at radius 3 is 2.51 bits per heavy atom. The minimum Gasteiger partial charge on any atom is -0.494 e. The monoisotopic (exact) mass is 658 g/mol. The van der Waals surface area contributed by atoms with E-state index in [2.05, 4.69) is 14.9 Å². The molecule has 10 nitrogen and oxygen atoms in total. The van der Waals surface area contributed by atoms with E-state index in [-0.39, 0.29) is 40.8 Å². The van der Waals surface area contributed by atoms with Gasteiger partial charge in [-0.05, 0) is 92.0 Å². The molecule has 0 spiro atoms. The Kier molecular flexibility index (Phi) is 7.73. The Labute approximate surface area is 275 Å². The van der Waals surface area contributed by atoms with Gasteiger partial charge in [0.1, 0.15) is 11.5 Å². The summed E-state index contributed by atoms with van der Waals surface area (Å²) in [6, 6.07) is 17.6. The van der Waals surface area contributed by atoms with Gasteiger partial charge in [-0.3, -0.25) is 19.1 Å². The number of anilines is 3. The number of piperidine rings is 1. The minimum atomic E-state index is -4.00. The van der Waals surface area contributed by atoms with E-state index in [0.29, 0.717) is 67.5 Å². The smallest absolute Gasteiger partial charge is 0.255 e.